The van der Waals surface area contributed by atoms with E-state index in [2.05, 4.69) is 5.32 Å². The molecule has 1 atom stereocenters. The van der Waals surface area contributed by atoms with Crippen LogP contribution in [0.5, 0.6) is 0 Å². The van der Waals surface area contributed by atoms with Gasteiger partial charge in [0.15, 0.2) is 0 Å². The van der Waals surface area contributed by atoms with Crippen molar-refractivity contribution in [3.05, 3.63) is 0 Å². The SMILES string of the molecule is CC1C(=O)NCC(=O)N1C1(C(F)(F)F)CC1. The molecule has 2 rings (SSSR count). The number of nitrogens with zero attached hydrogens (tertiary/aromatic N) is 1. The van der Waals surface area contributed by atoms with Gasteiger partial charge in [0, 0.05) is 0 Å². The molecule has 1 heterocycles. The number of nitrogens with one attached hydrogen (secondary N) is 1. The highest BCUT2D eigenvalue weighted by Gasteiger charge is 2.69. The lowest BCUT2D eigenvalue weighted by atomic mass is 10.1. The van der Waals surface area contributed by atoms with Crippen LogP contribution < -0.4 is 5.32 Å². The van der Waals surface area contributed by atoms with Gasteiger partial charge in [0.25, 0.3) is 0 Å². The lowest BCUT2D eigenvalue weighted by Crippen LogP contribution is -2.64. The summed E-state index contributed by atoms with van der Waals surface area (Å²) in [4.78, 5) is 23.5. The monoisotopic (exact) mass is 236 g/mol. The molecular weight excluding hydrogens is 225 g/mol. The largest absolute Gasteiger partial charge is 0.411 e. The minimum absolute atomic E-state index is 0.111. The highest BCUT2D eigenvalue weighted by atomic mass is 19.4. The van der Waals surface area contributed by atoms with E-state index in [9.17, 15) is 22.8 Å². The van der Waals surface area contributed by atoms with E-state index in [0.717, 1.165) is 0 Å². The second-order valence-corrected chi connectivity index (χ2v) is 4.19. The molecule has 1 aliphatic heterocycles. The van der Waals surface area contributed by atoms with Gasteiger partial charge in [-0.1, -0.05) is 0 Å². The first-order valence-corrected chi connectivity index (χ1v) is 4.96. The molecule has 0 bridgehead atoms. The predicted molar refractivity (Wildman–Crippen MR) is 47.3 cm³/mol. The fourth-order valence-electron chi connectivity index (χ4n) is 2.12. The van der Waals surface area contributed by atoms with Crippen molar-refractivity contribution in [2.24, 2.45) is 0 Å². The van der Waals surface area contributed by atoms with E-state index >= 15 is 0 Å². The van der Waals surface area contributed by atoms with E-state index in [0.29, 0.717) is 4.90 Å². The summed E-state index contributed by atoms with van der Waals surface area (Å²) in [6, 6.07) is -1.05. The summed E-state index contributed by atoms with van der Waals surface area (Å²) in [7, 11) is 0. The fourth-order valence-corrected chi connectivity index (χ4v) is 2.12. The molecule has 0 spiro atoms. The first kappa shape index (κ1) is 11.2. The first-order chi connectivity index (χ1) is 7.29. The summed E-state index contributed by atoms with van der Waals surface area (Å²) in [6.45, 7) is 0.971. The number of rotatable bonds is 1. The van der Waals surface area contributed by atoms with Crippen LogP contribution in [0.25, 0.3) is 0 Å². The zero-order valence-electron chi connectivity index (χ0n) is 8.60. The first-order valence-electron chi connectivity index (χ1n) is 4.96. The zero-order chi connectivity index (χ0) is 12.1. The van der Waals surface area contributed by atoms with Gasteiger partial charge in [0.2, 0.25) is 11.8 Å². The van der Waals surface area contributed by atoms with E-state index in [4.69, 9.17) is 0 Å². The van der Waals surface area contributed by atoms with Crippen LogP contribution in [0.3, 0.4) is 0 Å². The van der Waals surface area contributed by atoms with Crippen molar-refractivity contribution in [1.82, 2.24) is 10.2 Å². The van der Waals surface area contributed by atoms with Gasteiger partial charge in [-0.25, -0.2) is 0 Å². The number of alkyl halides is 3. The van der Waals surface area contributed by atoms with Crippen LogP contribution >= 0.6 is 0 Å². The summed E-state index contributed by atoms with van der Waals surface area (Å²) in [5.74, 6) is -1.20. The van der Waals surface area contributed by atoms with Crippen LogP contribution in [0.4, 0.5) is 13.2 Å². The number of amides is 2. The number of hydrogen-bond donors (Lipinski definition) is 1. The molecule has 1 saturated carbocycles. The Bertz CT molecular complexity index is 349. The van der Waals surface area contributed by atoms with Crippen LogP contribution in [0.15, 0.2) is 0 Å². The third kappa shape index (κ3) is 1.37. The summed E-state index contributed by atoms with van der Waals surface area (Å²) in [5.41, 5.74) is -2.10. The second kappa shape index (κ2) is 3.11. The van der Waals surface area contributed by atoms with Gasteiger partial charge >= 0.3 is 6.18 Å². The van der Waals surface area contributed by atoms with E-state index in [1.54, 1.807) is 0 Å². The third-order valence-electron chi connectivity index (χ3n) is 3.16. The van der Waals surface area contributed by atoms with Crippen molar-refractivity contribution in [3.8, 4) is 0 Å². The highest BCUT2D eigenvalue weighted by Crippen LogP contribution is 2.54. The zero-order valence-corrected chi connectivity index (χ0v) is 8.60. The van der Waals surface area contributed by atoms with Gasteiger partial charge in [-0.15, -0.1) is 0 Å². The third-order valence-corrected chi connectivity index (χ3v) is 3.16. The van der Waals surface area contributed by atoms with Gasteiger partial charge < -0.3 is 10.2 Å². The molecular formula is C9H11F3N2O2. The molecule has 16 heavy (non-hydrogen) atoms. The van der Waals surface area contributed by atoms with Crippen molar-refractivity contribution in [2.45, 2.75) is 37.5 Å². The number of hydrogen-bond acceptors (Lipinski definition) is 2. The fraction of sp³-hybridized carbons (Fsp3) is 0.778. The van der Waals surface area contributed by atoms with E-state index in [1.165, 1.54) is 6.92 Å². The van der Waals surface area contributed by atoms with Crippen LogP contribution in [0.1, 0.15) is 19.8 Å². The molecule has 2 aliphatic rings. The van der Waals surface area contributed by atoms with Gasteiger partial charge in [0.1, 0.15) is 11.6 Å². The quantitative estimate of drug-likeness (QED) is 0.717. The lowest BCUT2D eigenvalue weighted by Gasteiger charge is -2.40. The van der Waals surface area contributed by atoms with Crippen LogP contribution in [0.2, 0.25) is 0 Å². The van der Waals surface area contributed by atoms with Crippen molar-refractivity contribution in [2.75, 3.05) is 6.54 Å². The molecule has 0 radical (unpaired) electrons. The topological polar surface area (TPSA) is 49.4 Å². The minimum atomic E-state index is -4.46. The number of carbonyl (C=O) groups is 2. The Labute approximate surface area is 89.8 Å². The maximum Gasteiger partial charge on any atom is 0.411 e. The molecule has 1 N–H and O–H groups in total. The molecule has 0 aromatic rings. The Kier molecular flexibility index (Phi) is 2.18. The Morgan fingerprint density at radius 2 is 1.94 bits per heavy atom. The standard InChI is InChI=1S/C9H11F3N2O2/c1-5-7(16)13-4-6(15)14(5)8(2-3-8)9(10,11)12/h5H,2-4H2,1H3,(H,13,16). The van der Waals surface area contributed by atoms with E-state index < -0.39 is 29.6 Å². The molecule has 7 heteroatoms. The molecule has 90 valence electrons. The maximum atomic E-state index is 12.8. The molecule has 2 amide bonds. The van der Waals surface area contributed by atoms with Crippen molar-refractivity contribution < 1.29 is 22.8 Å². The Morgan fingerprint density at radius 3 is 2.38 bits per heavy atom. The summed E-state index contributed by atoms with van der Waals surface area (Å²) < 4.78 is 38.5. The second-order valence-electron chi connectivity index (χ2n) is 4.19. The number of carbonyl (C=O) groups excluding carboxylic acids is 2. The normalized spacial score (nSPS) is 29.0. The average molecular weight is 236 g/mol. The number of halogens is 3. The molecule has 1 saturated heterocycles. The Balaban J connectivity index is 2.32. The van der Waals surface area contributed by atoms with Crippen molar-refractivity contribution in [1.29, 1.82) is 0 Å². The molecule has 1 aliphatic carbocycles. The van der Waals surface area contributed by atoms with Gasteiger partial charge in [-0.05, 0) is 19.8 Å². The maximum absolute atomic E-state index is 12.8. The number of piperazine rings is 1. The van der Waals surface area contributed by atoms with E-state index in [-0.39, 0.29) is 19.4 Å². The Hall–Kier alpha value is -1.27. The van der Waals surface area contributed by atoms with E-state index in [1.807, 2.05) is 0 Å². The molecule has 2 fully saturated rings. The summed E-state index contributed by atoms with van der Waals surface area (Å²) >= 11 is 0. The van der Waals surface area contributed by atoms with Crippen LogP contribution in [-0.4, -0.2) is 41.0 Å². The highest BCUT2D eigenvalue weighted by molar-refractivity contribution is 5.95. The molecule has 4 nitrogen and oxygen atoms in total. The average Bonchev–Trinajstić information content (AvgIpc) is 2.92. The predicted octanol–water partition coefficient (Wildman–Crippen LogP) is 0.428. The van der Waals surface area contributed by atoms with Gasteiger partial charge in [0.05, 0.1) is 6.54 Å². The van der Waals surface area contributed by atoms with Crippen LogP contribution in [-0.2, 0) is 9.59 Å². The molecule has 0 aromatic carbocycles. The van der Waals surface area contributed by atoms with Crippen molar-refractivity contribution in [3.63, 3.8) is 0 Å². The minimum Gasteiger partial charge on any atom is -0.345 e. The van der Waals surface area contributed by atoms with Gasteiger partial charge in [-0.2, -0.15) is 13.2 Å². The lowest BCUT2D eigenvalue weighted by molar-refractivity contribution is -0.207. The Morgan fingerprint density at radius 1 is 1.38 bits per heavy atom. The van der Waals surface area contributed by atoms with Crippen molar-refractivity contribution >= 4 is 11.8 Å². The smallest absolute Gasteiger partial charge is 0.345 e. The summed E-state index contributed by atoms with van der Waals surface area (Å²) in [5, 5.41) is 2.27. The van der Waals surface area contributed by atoms with Gasteiger partial charge in [-0.3, -0.25) is 9.59 Å². The molecule has 1 unspecified atom stereocenters. The summed E-state index contributed by atoms with van der Waals surface area (Å²) in [6.07, 6.45) is -4.69. The van der Waals surface area contributed by atoms with Crippen LogP contribution in [0, 0.1) is 0 Å². The molecule has 0 aromatic heterocycles.